The van der Waals surface area contributed by atoms with Crippen LogP contribution in [0.5, 0.6) is 0 Å². The van der Waals surface area contributed by atoms with E-state index in [9.17, 15) is 0 Å². The minimum Gasteiger partial charge on any atom is -1.00 e. The van der Waals surface area contributed by atoms with Crippen LogP contribution in [-0.2, 0) is 10.4 Å². The fourth-order valence-corrected chi connectivity index (χ4v) is 0. The Kier molecular flexibility index (Phi) is 9.37. The van der Waals surface area contributed by atoms with E-state index in [0.29, 0.717) is 0 Å². The van der Waals surface area contributed by atoms with Crippen LogP contribution in [0.1, 0.15) is 2.85 Å². The second-order valence-corrected chi connectivity index (χ2v) is 1.34. The molecule has 44 valence electrons. The molecule has 0 spiro atoms. The summed E-state index contributed by atoms with van der Waals surface area (Å²) in [5.74, 6) is 0. The van der Waals surface area contributed by atoms with Crippen molar-refractivity contribution < 1.29 is 25.9 Å². The number of rotatable bonds is 0. The van der Waals surface area contributed by atoms with Crippen molar-refractivity contribution in [3.05, 3.63) is 0 Å². The van der Waals surface area contributed by atoms with Gasteiger partial charge in [0.15, 0.2) is 0 Å². The Morgan fingerprint density at radius 3 is 1.29 bits per heavy atom. The Morgan fingerprint density at radius 1 is 1.29 bits per heavy atom. The smallest absolute Gasteiger partial charge is 1.00 e. The van der Waals surface area contributed by atoms with Crippen LogP contribution in [0.3, 0.4) is 0 Å². The van der Waals surface area contributed by atoms with Gasteiger partial charge in [0, 0.05) is 0 Å². The maximum Gasteiger partial charge on any atom is 2.00 e. The summed E-state index contributed by atoms with van der Waals surface area (Å²) in [7, 11) is -4.67. The third-order valence-electron chi connectivity index (χ3n) is 0. The Morgan fingerprint density at radius 2 is 1.29 bits per heavy atom. The van der Waals surface area contributed by atoms with Crippen LogP contribution in [0, 0.1) is 0 Å². The molecule has 0 fully saturated rings. The quantitative estimate of drug-likeness (QED) is 0.301. The van der Waals surface area contributed by atoms with Crippen LogP contribution in [0.4, 0.5) is 0 Å². The predicted molar refractivity (Wildman–Crippen MR) is 25.8 cm³/mol. The maximum absolute atomic E-state index is 8.74. The van der Waals surface area contributed by atoms with Crippen LogP contribution in [0.25, 0.3) is 0 Å². The van der Waals surface area contributed by atoms with Crippen molar-refractivity contribution >= 4 is 20.5 Å². The van der Waals surface area contributed by atoms with Crippen molar-refractivity contribution in [1.82, 2.24) is 0 Å². The van der Waals surface area contributed by atoms with Crippen molar-refractivity contribution in [2.75, 3.05) is 0 Å². The summed E-state index contributed by atoms with van der Waals surface area (Å²) in [6.07, 6.45) is 0. The SMILES string of the molecule is O.O=S(=O)(O)O.[Be+2].[H-].[H-]. The Balaban J connectivity index is -0.0000000133. The first-order chi connectivity index (χ1) is 2.00. The van der Waals surface area contributed by atoms with Crippen molar-refractivity contribution in [2.24, 2.45) is 0 Å². The van der Waals surface area contributed by atoms with Gasteiger partial charge in [0.2, 0.25) is 0 Å². The molecule has 0 aromatic heterocycles. The summed E-state index contributed by atoms with van der Waals surface area (Å²) in [6.45, 7) is 0. The van der Waals surface area contributed by atoms with Crippen molar-refractivity contribution in [2.45, 2.75) is 0 Å². The van der Waals surface area contributed by atoms with Gasteiger partial charge in [-0.25, -0.2) is 0 Å². The van der Waals surface area contributed by atoms with Crippen LogP contribution in [0.15, 0.2) is 0 Å². The van der Waals surface area contributed by atoms with E-state index >= 15 is 0 Å². The van der Waals surface area contributed by atoms with Gasteiger partial charge < -0.3 is 8.33 Å². The molecule has 0 bridgehead atoms. The monoisotopic (exact) mass is 127 g/mol. The normalized spacial score (nSPS) is 8.29. The Labute approximate surface area is 47.4 Å². The van der Waals surface area contributed by atoms with Gasteiger partial charge in [0.1, 0.15) is 0 Å². The zero-order valence-electron chi connectivity index (χ0n) is 5.33. The average Bonchev–Trinajstić information content (AvgIpc) is 0.722. The molecule has 7 heavy (non-hydrogen) atoms. The summed E-state index contributed by atoms with van der Waals surface area (Å²) < 4.78 is 31.6. The summed E-state index contributed by atoms with van der Waals surface area (Å²) in [6, 6.07) is 0. The molecular formula is H6BeO5S. The van der Waals surface area contributed by atoms with Crippen LogP contribution in [-0.4, -0.2) is 33.1 Å². The average molecular weight is 127 g/mol. The number of hydrogen-bond acceptors (Lipinski definition) is 2. The topological polar surface area (TPSA) is 106 Å². The molecule has 7 heteroatoms. The first kappa shape index (κ1) is 15.8. The molecular weight excluding hydrogens is 121 g/mol. The molecule has 0 aromatic rings. The second kappa shape index (κ2) is 4.17. The summed E-state index contributed by atoms with van der Waals surface area (Å²) in [4.78, 5) is 0. The molecule has 0 rings (SSSR count). The van der Waals surface area contributed by atoms with E-state index in [1.807, 2.05) is 0 Å². The minimum atomic E-state index is -4.67. The van der Waals surface area contributed by atoms with Crippen molar-refractivity contribution in [1.29, 1.82) is 0 Å². The summed E-state index contributed by atoms with van der Waals surface area (Å²) >= 11 is 0. The third kappa shape index (κ3) is 70200000. The van der Waals surface area contributed by atoms with Gasteiger partial charge in [0.25, 0.3) is 0 Å². The molecule has 0 aliphatic rings. The van der Waals surface area contributed by atoms with Gasteiger partial charge in [-0.05, 0) is 0 Å². The van der Waals surface area contributed by atoms with Crippen LogP contribution >= 0.6 is 0 Å². The molecule has 0 atom stereocenters. The zero-order valence-corrected chi connectivity index (χ0v) is 4.14. The molecule has 0 aliphatic heterocycles. The minimum absolute atomic E-state index is 0. The predicted octanol–water partition coefficient (Wildman–Crippen LogP) is -1.63. The second-order valence-electron chi connectivity index (χ2n) is 0.448. The third-order valence-corrected chi connectivity index (χ3v) is 0. The van der Waals surface area contributed by atoms with E-state index in [0.717, 1.165) is 0 Å². The van der Waals surface area contributed by atoms with Crippen molar-refractivity contribution in [3.8, 4) is 0 Å². The molecule has 0 aromatic carbocycles. The Bertz CT molecular complexity index is 98.1. The van der Waals surface area contributed by atoms with E-state index in [-0.39, 0.29) is 18.5 Å². The first-order valence-corrected chi connectivity index (χ1v) is 2.10. The molecule has 0 amide bonds. The van der Waals surface area contributed by atoms with E-state index in [1.165, 1.54) is 0 Å². The molecule has 5 nitrogen and oxygen atoms in total. The van der Waals surface area contributed by atoms with E-state index in [2.05, 4.69) is 0 Å². The summed E-state index contributed by atoms with van der Waals surface area (Å²) in [5, 5.41) is 0. The van der Waals surface area contributed by atoms with Gasteiger partial charge in [-0.3, -0.25) is 9.11 Å². The fourth-order valence-electron chi connectivity index (χ4n) is 0. The largest absolute Gasteiger partial charge is 2.00 e. The molecule has 0 radical (unpaired) electrons. The molecule has 4 N–H and O–H groups in total. The number of hydrogen-bond donors (Lipinski definition) is 2. The van der Waals surface area contributed by atoms with Crippen LogP contribution < -0.4 is 0 Å². The van der Waals surface area contributed by atoms with Gasteiger partial charge in [-0.1, -0.05) is 0 Å². The van der Waals surface area contributed by atoms with Crippen molar-refractivity contribution in [3.63, 3.8) is 0 Å². The fraction of sp³-hybridized carbons (Fsp3) is 0. The molecule has 0 heterocycles. The molecule has 0 aliphatic carbocycles. The van der Waals surface area contributed by atoms with Crippen LogP contribution in [0.2, 0.25) is 0 Å². The molecule has 0 unspecified atom stereocenters. The molecule has 0 saturated heterocycles. The summed E-state index contributed by atoms with van der Waals surface area (Å²) in [5.41, 5.74) is 0. The Hall–Kier alpha value is -0.00117. The van der Waals surface area contributed by atoms with E-state index in [1.54, 1.807) is 0 Å². The van der Waals surface area contributed by atoms with Gasteiger partial charge in [0.05, 0.1) is 0 Å². The van der Waals surface area contributed by atoms with Gasteiger partial charge in [-0.2, -0.15) is 8.42 Å². The first-order valence-electron chi connectivity index (χ1n) is 0.698. The van der Waals surface area contributed by atoms with Gasteiger partial charge in [-0.15, -0.1) is 0 Å². The molecule has 0 saturated carbocycles. The van der Waals surface area contributed by atoms with Gasteiger partial charge >= 0.3 is 20.5 Å². The van der Waals surface area contributed by atoms with E-state index < -0.39 is 10.4 Å². The van der Waals surface area contributed by atoms with E-state index in [4.69, 9.17) is 17.5 Å². The standard InChI is InChI=1S/Be.H2O4S.H2O.2H/c;1-5(2,3)4;;;/h;(H2,1,2,3,4);1H2;;/q+2;;;2*-1. The maximum atomic E-state index is 8.74. The zero-order chi connectivity index (χ0) is 4.50.